The van der Waals surface area contributed by atoms with Crippen molar-refractivity contribution in [1.29, 1.82) is 0 Å². The molecule has 0 aliphatic carbocycles. The van der Waals surface area contributed by atoms with Crippen LogP contribution in [0.4, 0.5) is 4.79 Å². The van der Waals surface area contributed by atoms with Crippen molar-refractivity contribution in [2.75, 3.05) is 13.1 Å². The molecular weight excluding hydrogens is 164 g/mol. The minimum Gasteiger partial charge on any atom is -0.351 e. The first kappa shape index (κ1) is 12.0. The number of nitrogens with zero attached hydrogens (tertiary/aromatic N) is 1. The summed E-state index contributed by atoms with van der Waals surface area (Å²) in [4.78, 5) is 12.5. The molecule has 0 rings (SSSR count). The Hall–Kier alpha value is -0.990. The third-order valence-corrected chi connectivity index (χ3v) is 1.94. The van der Waals surface area contributed by atoms with E-state index in [0.29, 0.717) is 6.54 Å². The van der Waals surface area contributed by atoms with Gasteiger partial charge in [0.2, 0.25) is 0 Å². The summed E-state index contributed by atoms with van der Waals surface area (Å²) in [5.41, 5.74) is 5.18. The Bertz CT molecular complexity index is 157. The Balaban J connectivity index is 3.56. The number of amides is 2. The van der Waals surface area contributed by atoms with Gasteiger partial charge in [0.1, 0.15) is 0 Å². The minimum atomic E-state index is -0.351. The molecule has 13 heavy (non-hydrogen) atoms. The van der Waals surface area contributed by atoms with Crippen molar-refractivity contribution >= 4 is 6.03 Å². The summed E-state index contributed by atoms with van der Waals surface area (Å²) in [6, 6.07) is -0.351. The molecule has 0 radical (unpaired) electrons. The number of carbonyl (C=O) groups is 1. The van der Waals surface area contributed by atoms with Gasteiger partial charge in [-0.25, -0.2) is 4.79 Å². The van der Waals surface area contributed by atoms with Gasteiger partial charge in [-0.3, -0.25) is 0 Å². The van der Waals surface area contributed by atoms with Gasteiger partial charge in [-0.05, 0) is 6.42 Å². The number of unbranched alkanes of at least 4 members (excludes halogenated alkanes) is 3. The van der Waals surface area contributed by atoms with Crippen molar-refractivity contribution in [2.45, 2.75) is 32.6 Å². The van der Waals surface area contributed by atoms with E-state index >= 15 is 0 Å². The fourth-order valence-electron chi connectivity index (χ4n) is 1.18. The smallest absolute Gasteiger partial charge is 0.315 e. The average Bonchev–Trinajstić information content (AvgIpc) is 2.10. The zero-order valence-corrected chi connectivity index (χ0v) is 8.46. The molecule has 0 aliphatic heterocycles. The Labute approximate surface area is 80.6 Å². The topological polar surface area (TPSA) is 46.3 Å². The van der Waals surface area contributed by atoms with E-state index in [2.05, 4.69) is 13.5 Å². The van der Waals surface area contributed by atoms with Crippen molar-refractivity contribution in [1.82, 2.24) is 4.90 Å². The standard InChI is InChI=1S/C10H20N2O/c1-3-5-6-7-9-12(8-4-2)10(11)13/h4H,2-3,5-9H2,1H3,(H2,11,13). The lowest BCUT2D eigenvalue weighted by Crippen LogP contribution is -2.36. The minimum absolute atomic E-state index is 0.351. The molecule has 0 unspecified atom stereocenters. The Morgan fingerprint density at radius 2 is 2.15 bits per heavy atom. The first-order valence-corrected chi connectivity index (χ1v) is 4.87. The lowest BCUT2D eigenvalue weighted by Gasteiger charge is -2.17. The maximum Gasteiger partial charge on any atom is 0.315 e. The molecule has 3 nitrogen and oxygen atoms in total. The van der Waals surface area contributed by atoms with Gasteiger partial charge >= 0.3 is 6.03 Å². The number of carbonyl (C=O) groups excluding carboxylic acids is 1. The maximum absolute atomic E-state index is 10.9. The fourth-order valence-corrected chi connectivity index (χ4v) is 1.18. The van der Waals surface area contributed by atoms with E-state index < -0.39 is 0 Å². The highest BCUT2D eigenvalue weighted by Crippen LogP contribution is 2.01. The van der Waals surface area contributed by atoms with Crippen LogP contribution in [0.5, 0.6) is 0 Å². The molecule has 0 atom stereocenters. The summed E-state index contributed by atoms with van der Waals surface area (Å²) in [6.07, 6.45) is 6.32. The highest BCUT2D eigenvalue weighted by atomic mass is 16.2. The van der Waals surface area contributed by atoms with Gasteiger partial charge in [0.05, 0.1) is 0 Å². The van der Waals surface area contributed by atoms with Crippen LogP contribution in [0.15, 0.2) is 12.7 Å². The average molecular weight is 184 g/mol. The molecule has 0 aromatic rings. The Morgan fingerprint density at radius 3 is 2.62 bits per heavy atom. The quantitative estimate of drug-likeness (QED) is 0.478. The first-order chi connectivity index (χ1) is 6.22. The van der Waals surface area contributed by atoms with Gasteiger partial charge < -0.3 is 10.6 Å². The van der Waals surface area contributed by atoms with Crippen molar-refractivity contribution < 1.29 is 4.79 Å². The predicted molar refractivity (Wildman–Crippen MR) is 55.5 cm³/mol. The van der Waals surface area contributed by atoms with E-state index in [-0.39, 0.29) is 6.03 Å². The van der Waals surface area contributed by atoms with Crippen LogP contribution < -0.4 is 5.73 Å². The summed E-state index contributed by atoms with van der Waals surface area (Å²) < 4.78 is 0. The molecule has 0 bridgehead atoms. The van der Waals surface area contributed by atoms with E-state index in [1.165, 1.54) is 12.8 Å². The Morgan fingerprint density at radius 1 is 1.46 bits per heavy atom. The lowest BCUT2D eigenvalue weighted by molar-refractivity contribution is 0.212. The monoisotopic (exact) mass is 184 g/mol. The molecule has 0 fully saturated rings. The molecule has 76 valence electrons. The summed E-state index contributed by atoms with van der Waals surface area (Å²) in [7, 11) is 0. The second kappa shape index (κ2) is 7.65. The normalized spacial score (nSPS) is 9.62. The van der Waals surface area contributed by atoms with E-state index in [4.69, 9.17) is 5.73 Å². The number of rotatable bonds is 7. The third kappa shape index (κ3) is 6.20. The van der Waals surface area contributed by atoms with Crippen LogP contribution in [0, 0.1) is 0 Å². The van der Waals surface area contributed by atoms with Gasteiger partial charge in [0.15, 0.2) is 0 Å². The third-order valence-electron chi connectivity index (χ3n) is 1.94. The highest BCUT2D eigenvalue weighted by Gasteiger charge is 2.05. The SMILES string of the molecule is C=CCN(CCCCCC)C(N)=O. The number of primary amides is 1. The number of hydrogen-bond donors (Lipinski definition) is 1. The number of urea groups is 1. The van der Waals surface area contributed by atoms with Crippen molar-refractivity contribution in [2.24, 2.45) is 5.73 Å². The predicted octanol–water partition coefficient (Wildman–Crippen LogP) is 2.13. The molecule has 0 saturated carbocycles. The van der Waals surface area contributed by atoms with Crippen LogP contribution in [0.1, 0.15) is 32.6 Å². The van der Waals surface area contributed by atoms with Crippen LogP contribution >= 0.6 is 0 Å². The molecule has 0 aromatic carbocycles. The Kier molecular flexibility index (Phi) is 7.07. The molecule has 0 aliphatic rings. The summed E-state index contributed by atoms with van der Waals surface area (Å²) in [5, 5.41) is 0. The van der Waals surface area contributed by atoms with Crippen molar-refractivity contribution in [3.8, 4) is 0 Å². The number of hydrogen-bond acceptors (Lipinski definition) is 1. The van der Waals surface area contributed by atoms with Crippen LogP contribution in [-0.4, -0.2) is 24.0 Å². The summed E-state index contributed by atoms with van der Waals surface area (Å²) in [5.74, 6) is 0. The zero-order valence-electron chi connectivity index (χ0n) is 8.46. The molecule has 0 saturated heterocycles. The van der Waals surface area contributed by atoms with Crippen LogP contribution in [0.2, 0.25) is 0 Å². The fraction of sp³-hybridized carbons (Fsp3) is 0.700. The lowest BCUT2D eigenvalue weighted by atomic mass is 10.2. The zero-order chi connectivity index (χ0) is 10.1. The maximum atomic E-state index is 10.9. The van der Waals surface area contributed by atoms with Gasteiger partial charge in [-0.1, -0.05) is 32.3 Å². The van der Waals surface area contributed by atoms with Gasteiger partial charge in [-0.2, -0.15) is 0 Å². The number of nitrogens with two attached hydrogens (primary N) is 1. The van der Waals surface area contributed by atoms with E-state index in [1.54, 1.807) is 11.0 Å². The molecule has 2 amide bonds. The van der Waals surface area contributed by atoms with Crippen LogP contribution in [0.3, 0.4) is 0 Å². The van der Waals surface area contributed by atoms with Crippen molar-refractivity contribution in [3.63, 3.8) is 0 Å². The van der Waals surface area contributed by atoms with E-state index in [1.807, 2.05) is 0 Å². The molecule has 0 heterocycles. The summed E-state index contributed by atoms with van der Waals surface area (Å²) in [6.45, 7) is 7.05. The molecule has 0 aromatic heterocycles. The molecular formula is C10H20N2O. The van der Waals surface area contributed by atoms with Gasteiger partial charge in [0.25, 0.3) is 0 Å². The second-order valence-electron chi connectivity index (χ2n) is 3.13. The highest BCUT2D eigenvalue weighted by molar-refractivity contribution is 5.72. The van der Waals surface area contributed by atoms with E-state index in [9.17, 15) is 4.79 Å². The largest absolute Gasteiger partial charge is 0.351 e. The molecule has 2 N–H and O–H groups in total. The molecule has 0 spiro atoms. The van der Waals surface area contributed by atoms with Crippen molar-refractivity contribution in [3.05, 3.63) is 12.7 Å². The van der Waals surface area contributed by atoms with Crippen LogP contribution in [-0.2, 0) is 0 Å². The van der Waals surface area contributed by atoms with Gasteiger partial charge in [-0.15, -0.1) is 6.58 Å². The molecule has 3 heteroatoms. The second-order valence-corrected chi connectivity index (χ2v) is 3.13. The summed E-state index contributed by atoms with van der Waals surface area (Å²) >= 11 is 0. The van der Waals surface area contributed by atoms with Gasteiger partial charge in [0, 0.05) is 13.1 Å². The van der Waals surface area contributed by atoms with E-state index in [0.717, 1.165) is 19.4 Å². The van der Waals surface area contributed by atoms with Crippen LogP contribution in [0.25, 0.3) is 0 Å². The first-order valence-electron chi connectivity index (χ1n) is 4.87.